The Hall–Kier alpha value is -4.64. The van der Waals surface area contributed by atoms with Gasteiger partial charge in [-0.15, -0.1) is 0 Å². The lowest BCUT2D eigenvalue weighted by Gasteiger charge is -2.10. The number of rotatable bonds is 4. The SMILES string of the molecule is COC(=O)c1ccc2nc(-c3ccc4n[nH]c(C)c4c3)c(Nc3ccc(C#N)cc3)n2c1. The molecule has 8 heteroatoms. The molecular formula is C24H18N6O2. The number of carbonyl (C=O) groups is 1. The highest BCUT2D eigenvalue weighted by Gasteiger charge is 2.18. The van der Waals surface area contributed by atoms with E-state index in [-0.39, 0.29) is 0 Å². The van der Waals surface area contributed by atoms with E-state index < -0.39 is 5.97 Å². The number of pyridine rings is 1. The van der Waals surface area contributed by atoms with Crippen LogP contribution < -0.4 is 5.32 Å². The van der Waals surface area contributed by atoms with E-state index in [1.807, 2.05) is 41.7 Å². The van der Waals surface area contributed by atoms with Crippen molar-refractivity contribution in [3.05, 3.63) is 77.6 Å². The number of methoxy groups -OCH3 is 1. The molecule has 0 spiro atoms. The Morgan fingerprint density at radius 3 is 2.72 bits per heavy atom. The zero-order chi connectivity index (χ0) is 22.2. The van der Waals surface area contributed by atoms with E-state index in [1.165, 1.54) is 7.11 Å². The van der Waals surface area contributed by atoms with Crippen LogP contribution in [0.1, 0.15) is 21.6 Å². The molecule has 2 aromatic carbocycles. The van der Waals surface area contributed by atoms with Crippen LogP contribution in [0.2, 0.25) is 0 Å². The average Bonchev–Trinajstić information content (AvgIpc) is 3.38. The number of hydrogen-bond donors (Lipinski definition) is 2. The third-order valence-electron chi connectivity index (χ3n) is 5.33. The molecule has 5 rings (SSSR count). The van der Waals surface area contributed by atoms with E-state index in [0.717, 1.165) is 33.5 Å². The molecule has 0 fully saturated rings. The predicted octanol–water partition coefficient (Wildman–Crippen LogP) is 4.59. The van der Waals surface area contributed by atoms with Crippen LogP contribution in [-0.2, 0) is 4.74 Å². The van der Waals surface area contributed by atoms with Crippen LogP contribution in [0.5, 0.6) is 0 Å². The summed E-state index contributed by atoms with van der Waals surface area (Å²) in [4.78, 5) is 16.9. The smallest absolute Gasteiger partial charge is 0.339 e. The fourth-order valence-corrected chi connectivity index (χ4v) is 3.65. The van der Waals surface area contributed by atoms with Crippen molar-refractivity contribution >= 4 is 34.0 Å². The Labute approximate surface area is 183 Å². The van der Waals surface area contributed by atoms with Gasteiger partial charge in [-0.05, 0) is 55.5 Å². The second-order valence-corrected chi connectivity index (χ2v) is 7.34. The lowest BCUT2D eigenvalue weighted by molar-refractivity contribution is 0.0600. The highest BCUT2D eigenvalue weighted by Crippen LogP contribution is 2.33. The summed E-state index contributed by atoms with van der Waals surface area (Å²) in [5.41, 5.74) is 5.92. The second-order valence-electron chi connectivity index (χ2n) is 7.34. The predicted molar refractivity (Wildman–Crippen MR) is 121 cm³/mol. The second kappa shape index (κ2) is 7.56. The standard InChI is InChI=1S/C24H18N6O2/c1-14-19-11-16(5-9-20(19)29-28-14)22-23(26-18-7-3-15(12-25)4-8-18)30-13-17(24(31)32-2)6-10-21(30)27-22/h3-11,13,26H,1-2H3,(H,28,29). The van der Waals surface area contributed by atoms with Crippen molar-refractivity contribution in [1.82, 2.24) is 19.6 Å². The Morgan fingerprint density at radius 1 is 1.16 bits per heavy atom. The summed E-state index contributed by atoms with van der Waals surface area (Å²) in [6, 6.07) is 18.7. The molecule has 2 N–H and O–H groups in total. The van der Waals surface area contributed by atoms with Gasteiger partial charge in [0.25, 0.3) is 0 Å². The Balaban J connectivity index is 1.71. The molecule has 156 valence electrons. The molecule has 32 heavy (non-hydrogen) atoms. The van der Waals surface area contributed by atoms with Crippen molar-refractivity contribution in [1.29, 1.82) is 5.26 Å². The van der Waals surface area contributed by atoms with Crippen LogP contribution in [0.25, 0.3) is 27.8 Å². The fourth-order valence-electron chi connectivity index (χ4n) is 3.65. The van der Waals surface area contributed by atoms with E-state index in [2.05, 4.69) is 21.6 Å². The van der Waals surface area contributed by atoms with Crippen molar-refractivity contribution in [2.75, 3.05) is 12.4 Å². The maximum absolute atomic E-state index is 12.1. The van der Waals surface area contributed by atoms with Crippen LogP contribution in [0, 0.1) is 18.3 Å². The summed E-state index contributed by atoms with van der Waals surface area (Å²) in [6.45, 7) is 1.97. The Kier molecular flexibility index (Phi) is 4.57. The molecule has 0 bridgehead atoms. The van der Waals surface area contributed by atoms with Gasteiger partial charge in [0.15, 0.2) is 0 Å². The largest absolute Gasteiger partial charge is 0.465 e. The van der Waals surface area contributed by atoms with Gasteiger partial charge in [0.2, 0.25) is 0 Å². The van der Waals surface area contributed by atoms with Crippen molar-refractivity contribution in [3.8, 4) is 17.3 Å². The normalized spacial score (nSPS) is 10.9. The number of carbonyl (C=O) groups excluding carboxylic acids is 1. The number of nitrogens with zero attached hydrogens (tertiary/aromatic N) is 4. The summed E-state index contributed by atoms with van der Waals surface area (Å²) in [5.74, 6) is 0.262. The summed E-state index contributed by atoms with van der Waals surface area (Å²) >= 11 is 0. The first-order valence-electron chi connectivity index (χ1n) is 9.90. The fraction of sp³-hybridized carbons (Fsp3) is 0.0833. The molecule has 0 unspecified atom stereocenters. The molecule has 0 aliphatic rings. The number of ether oxygens (including phenoxy) is 1. The molecule has 0 aliphatic carbocycles. The molecule has 0 saturated carbocycles. The molecule has 3 heterocycles. The molecule has 0 amide bonds. The van der Waals surface area contributed by atoms with Crippen molar-refractivity contribution < 1.29 is 9.53 Å². The number of nitrogens with one attached hydrogen (secondary N) is 2. The summed E-state index contributed by atoms with van der Waals surface area (Å²) in [6.07, 6.45) is 1.70. The van der Waals surface area contributed by atoms with Gasteiger partial charge < -0.3 is 10.1 Å². The first-order chi connectivity index (χ1) is 15.6. The van der Waals surface area contributed by atoms with Gasteiger partial charge >= 0.3 is 5.97 Å². The van der Waals surface area contributed by atoms with E-state index in [9.17, 15) is 4.79 Å². The number of nitriles is 1. The van der Waals surface area contributed by atoms with Gasteiger partial charge in [0.1, 0.15) is 17.2 Å². The van der Waals surface area contributed by atoms with Crippen LogP contribution in [0.15, 0.2) is 60.8 Å². The van der Waals surface area contributed by atoms with E-state index in [4.69, 9.17) is 15.0 Å². The summed E-state index contributed by atoms with van der Waals surface area (Å²) in [5, 5.41) is 20.8. The molecule has 0 saturated heterocycles. The van der Waals surface area contributed by atoms with E-state index >= 15 is 0 Å². The van der Waals surface area contributed by atoms with Crippen LogP contribution in [0.3, 0.4) is 0 Å². The minimum Gasteiger partial charge on any atom is -0.465 e. The van der Waals surface area contributed by atoms with Gasteiger partial charge in [0, 0.05) is 28.5 Å². The van der Waals surface area contributed by atoms with Gasteiger partial charge in [0.05, 0.1) is 29.8 Å². The Bertz CT molecular complexity index is 1520. The van der Waals surface area contributed by atoms with Crippen molar-refractivity contribution in [3.63, 3.8) is 0 Å². The molecular weight excluding hydrogens is 404 g/mol. The molecule has 8 nitrogen and oxygen atoms in total. The highest BCUT2D eigenvalue weighted by atomic mass is 16.5. The number of hydrogen-bond acceptors (Lipinski definition) is 6. The lowest BCUT2D eigenvalue weighted by atomic mass is 10.1. The van der Waals surface area contributed by atoms with Crippen LogP contribution in [-0.4, -0.2) is 32.7 Å². The number of imidazole rings is 1. The quantitative estimate of drug-likeness (QED) is 0.410. The maximum Gasteiger partial charge on any atom is 0.339 e. The van der Waals surface area contributed by atoms with Gasteiger partial charge in [-0.1, -0.05) is 6.07 Å². The first kappa shape index (κ1) is 19.3. The maximum atomic E-state index is 12.1. The van der Waals surface area contributed by atoms with Crippen molar-refractivity contribution in [2.24, 2.45) is 0 Å². The monoisotopic (exact) mass is 422 g/mol. The molecule has 0 aliphatic heterocycles. The average molecular weight is 422 g/mol. The zero-order valence-electron chi connectivity index (χ0n) is 17.4. The number of esters is 1. The van der Waals surface area contributed by atoms with E-state index in [0.29, 0.717) is 22.6 Å². The lowest BCUT2D eigenvalue weighted by Crippen LogP contribution is -2.04. The van der Waals surface area contributed by atoms with Crippen molar-refractivity contribution in [2.45, 2.75) is 6.92 Å². The zero-order valence-corrected chi connectivity index (χ0v) is 17.4. The van der Waals surface area contributed by atoms with Crippen LogP contribution >= 0.6 is 0 Å². The van der Waals surface area contributed by atoms with E-state index in [1.54, 1.807) is 30.5 Å². The van der Waals surface area contributed by atoms with Gasteiger partial charge in [-0.2, -0.15) is 10.4 Å². The number of aromatic nitrogens is 4. The first-order valence-corrected chi connectivity index (χ1v) is 9.90. The number of anilines is 2. The minimum atomic E-state index is -0.429. The molecule has 5 aromatic rings. The van der Waals surface area contributed by atoms with Crippen LogP contribution in [0.4, 0.5) is 11.5 Å². The molecule has 0 radical (unpaired) electrons. The number of fused-ring (bicyclic) bond motifs is 2. The Morgan fingerprint density at radius 2 is 1.97 bits per heavy atom. The third-order valence-corrected chi connectivity index (χ3v) is 5.33. The van der Waals surface area contributed by atoms with Gasteiger partial charge in [-0.25, -0.2) is 9.78 Å². The number of benzene rings is 2. The summed E-state index contributed by atoms with van der Waals surface area (Å²) in [7, 11) is 1.35. The number of aryl methyl sites for hydroxylation is 1. The highest BCUT2D eigenvalue weighted by molar-refractivity contribution is 5.91. The minimum absolute atomic E-state index is 0.410. The van der Waals surface area contributed by atoms with Gasteiger partial charge in [-0.3, -0.25) is 9.50 Å². The third kappa shape index (κ3) is 3.22. The summed E-state index contributed by atoms with van der Waals surface area (Å²) < 4.78 is 6.70. The molecule has 3 aromatic heterocycles. The number of aromatic amines is 1. The topological polar surface area (TPSA) is 108 Å². The number of H-pyrrole nitrogens is 1. The molecule has 0 atom stereocenters.